The van der Waals surface area contributed by atoms with Gasteiger partial charge in [0.15, 0.2) is 0 Å². The first-order chi connectivity index (χ1) is 9.67. The summed E-state index contributed by atoms with van der Waals surface area (Å²) in [7, 11) is 1.56. The Morgan fingerprint density at radius 1 is 1.50 bits per heavy atom. The highest BCUT2D eigenvalue weighted by Crippen LogP contribution is 2.32. The minimum absolute atomic E-state index is 0.0672. The fourth-order valence-corrected chi connectivity index (χ4v) is 2.31. The van der Waals surface area contributed by atoms with E-state index in [2.05, 4.69) is 5.32 Å². The SMILES string of the molecule is COc1ccccc1N1C[C@H](C(=O)NCCN)CC1=O. The lowest BCUT2D eigenvalue weighted by Gasteiger charge is -2.19. The molecule has 0 unspecified atom stereocenters. The average Bonchev–Trinajstić information content (AvgIpc) is 2.86. The van der Waals surface area contributed by atoms with E-state index in [9.17, 15) is 9.59 Å². The molecule has 1 aromatic rings. The van der Waals surface area contributed by atoms with Gasteiger partial charge in [-0.3, -0.25) is 9.59 Å². The number of hydrogen-bond donors (Lipinski definition) is 2. The summed E-state index contributed by atoms with van der Waals surface area (Å²) in [5, 5.41) is 2.72. The molecule has 0 radical (unpaired) electrons. The maximum Gasteiger partial charge on any atom is 0.227 e. The summed E-state index contributed by atoms with van der Waals surface area (Å²) in [6.07, 6.45) is 0.217. The van der Waals surface area contributed by atoms with Crippen molar-refractivity contribution in [1.82, 2.24) is 5.32 Å². The van der Waals surface area contributed by atoms with E-state index < -0.39 is 0 Å². The van der Waals surface area contributed by atoms with Crippen LogP contribution in [0.15, 0.2) is 24.3 Å². The number of anilines is 1. The van der Waals surface area contributed by atoms with Crippen molar-refractivity contribution in [2.24, 2.45) is 11.7 Å². The second-order valence-corrected chi connectivity index (χ2v) is 4.66. The third-order valence-corrected chi connectivity index (χ3v) is 3.32. The number of nitrogens with zero attached hydrogens (tertiary/aromatic N) is 1. The predicted octanol–water partition coefficient (Wildman–Crippen LogP) is 0.123. The molecule has 2 rings (SSSR count). The van der Waals surface area contributed by atoms with Gasteiger partial charge in [0.05, 0.1) is 18.7 Å². The molecule has 108 valence electrons. The molecule has 1 aromatic carbocycles. The average molecular weight is 277 g/mol. The molecule has 0 aliphatic carbocycles. The maximum absolute atomic E-state index is 12.1. The topological polar surface area (TPSA) is 84.7 Å². The van der Waals surface area contributed by atoms with Crippen LogP contribution in [0, 0.1) is 5.92 Å². The van der Waals surface area contributed by atoms with Crippen LogP contribution in [0.4, 0.5) is 5.69 Å². The lowest BCUT2D eigenvalue weighted by atomic mass is 10.1. The lowest BCUT2D eigenvalue weighted by Crippen LogP contribution is -2.35. The van der Waals surface area contributed by atoms with E-state index in [1.807, 2.05) is 18.2 Å². The molecule has 3 N–H and O–H groups in total. The van der Waals surface area contributed by atoms with Crippen LogP contribution >= 0.6 is 0 Å². The summed E-state index contributed by atoms with van der Waals surface area (Å²) in [6.45, 7) is 1.19. The zero-order valence-electron chi connectivity index (χ0n) is 11.5. The minimum Gasteiger partial charge on any atom is -0.495 e. The van der Waals surface area contributed by atoms with Crippen molar-refractivity contribution in [3.63, 3.8) is 0 Å². The van der Waals surface area contributed by atoms with Crippen molar-refractivity contribution in [2.75, 3.05) is 31.6 Å². The van der Waals surface area contributed by atoms with E-state index in [0.29, 0.717) is 31.1 Å². The summed E-state index contributed by atoms with van der Waals surface area (Å²) >= 11 is 0. The second-order valence-electron chi connectivity index (χ2n) is 4.66. The van der Waals surface area contributed by atoms with Gasteiger partial charge >= 0.3 is 0 Å². The second kappa shape index (κ2) is 6.38. The van der Waals surface area contributed by atoms with E-state index in [0.717, 1.165) is 0 Å². The van der Waals surface area contributed by atoms with Gasteiger partial charge in [-0.25, -0.2) is 0 Å². The van der Waals surface area contributed by atoms with Crippen molar-refractivity contribution in [3.8, 4) is 5.75 Å². The first-order valence-electron chi connectivity index (χ1n) is 6.58. The number of benzene rings is 1. The quantitative estimate of drug-likeness (QED) is 0.801. The molecule has 0 saturated carbocycles. The Kier molecular flexibility index (Phi) is 4.57. The number of methoxy groups -OCH3 is 1. The van der Waals surface area contributed by atoms with Crippen molar-refractivity contribution in [3.05, 3.63) is 24.3 Å². The third kappa shape index (κ3) is 2.91. The zero-order valence-corrected chi connectivity index (χ0v) is 11.5. The number of ether oxygens (including phenoxy) is 1. The number of para-hydroxylation sites is 2. The summed E-state index contributed by atoms with van der Waals surface area (Å²) < 4.78 is 5.26. The lowest BCUT2D eigenvalue weighted by molar-refractivity contribution is -0.126. The molecule has 0 spiro atoms. The largest absolute Gasteiger partial charge is 0.495 e. The van der Waals surface area contributed by atoms with E-state index in [1.54, 1.807) is 18.1 Å². The Labute approximate surface area is 117 Å². The van der Waals surface area contributed by atoms with Crippen LogP contribution < -0.4 is 20.7 Å². The van der Waals surface area contributed by atoms with Crippen molar-refractivity contribution < 1.29 is 14.3 Å². The van der Waals surface area contributed by atoms with Crippen molar-refractivity contribution >= 4 is 17.5 Å². The fourth-order valence-electron chi connectivity index (χ4n) is 2.31. The highest BCUT2D eigenvalue weighted by Gasteiger charge is 2.35. The predicted molar refractivity (Wildman–Crippen MR) is 75.5 cm³/mol. The molecular weight excluding hydrogens is 258 g/mol. The molecule has 1 fully saturated rings. The number of amides is 2. The van der Waals surface area contributed by atoms with Crippen LogP contribution in [0.1, 0.15) is 6.42 Å². The monoisotopic (exact) mass is 277 g/mol. The van der Waals surface area contributed by atoms with Gasteiger partial charge in [0, 0.05) is 26.1 Å². The Morgan fingerprint density at radius 3 is 2.95 bits per heavy atom. The molecule has 0 aromatic heterocycles. The van der Waals surface area contributed by atoms with Crippen LogP contribution in [0.5, 0.6) is 5.75 Å². The molecule has 20 heavy (non-hydrogen) atoms. The van der Waals surface area contributed by atoms with E-state index in [4.69, 9.17) is 10.5 Å². The Balaban J connectivity index is 2.11. The number of hydrogen-bond acceptors (Lipinski definition) is 4. The van der Waals surface area contributed by atoms with Crippen molar-refractivity contribution in [1.29, 1.82) is 0 Å². The van der Waals surface area contributed by atoms with Gasteiger partial charge in [0.2, 0.25) is 11.8 Å². The van der Waals surface area contributed by atoms with Crippen LogP contribution in [-0.2, 0) is 9.59 Å². The molecule has 6 nitrogen and oxygen atoms in total. The zero-order chi connectivity index (χ0) is 14.5. The van der Waals surface area contributed by atoms with E-state index >= 15 is 0 Å². The first-order valence-corrected chi connectivity index (χ1v) is 6.58. The molecular formula is C14H19N3O3. The molecule has 1 saturated heterocycles. The fraction of sp³-hybridized carbons (Fsp3) is 0.429. The molecule has 1 aliphatic heterocycles. The van der Waals surface area contributed by atoms with Gasteiger partial charge in [-0.05, 0) is 12.1 Å². The number of rotatable bonds is 5. The van der Waals surface area contributed by atoms with Gasteiger partial charge in [0.1, 0.15) is 5.75 Å². The minimum atomic E-state index is -0.334. The number of carbonyl (C=O) groups excluding carboxylic acids is 2. The molecule has 1 aliphatic rings. The highest BCUT2D eigenvalue weighted by atomic mass is 16.5. The van der Waals surface area contributed by atoms with E-state index in [-0.39, 0.29) is 24.2 Å². The highest BCUT2D eigenvalue weighted by molar-refractivity contribution is 6.01. The van der Waals surface area contributed by atoms with Gasteiger partial charge in [0.25, 0.3) is 0 Å². The summed E-state index contributed by atoms with van der Waals surface area (Å²) in [5.41, 5.74) is 6.05. The first kappa shape index (κ1) is 14.3. The van der Waals surface area contributed by atoms with Crippen molar-refractivity contribution in [2.45, 2.75) is 6.42 Å². The third-order valence-electron chi connectivity index (χ3n) is 3.32. The molecule has 1 atom stereocenters. The number of carbonyl (C=O) groups is 2. The summed E-state index contributed by atoms with van der Waals surface area (Å²) in [4.78, 5) is 25.6. The number of nitrogens with two attached hydrogens (primary N) is 1. The van der Waals surface area contributed by atoms with Crippen LogP contribution in [0.25, 0.3) is 0 Å². The Morgan fingerprint density at radius 2 is 2.25 bits per heavy atom. The maximum atomic E-state index is 12.1. The van der Waals surface area contributed by atoms with Gasteiger partial charge in [-0.2, -0.15) is 0 Å². The summed E-state index contributed by atoms with van der Waals surface area (Å²) in [5.74, 6) is 0.103. The van der Waals surface area contributed by atoms with Gasteiger partial charge in [-0.1, -0.05) is 12.1 Å². The van der Waals surface area contributed by atoms with E-state index in [1.165, 1.54) is 0 Å². The summed E-state index contributed by atoms with van der Waals surface area (Å²) in [6, 6.07) is 7.29. The van der Waals surface area contributed by atoms with Crippen LogP contribution in [0.2, 0.25) is 0 Å². The van der Waals surface area contributed by atoms with Crippen LogP contribution in [0.3, 0.4) is 0 Å². The Hall–Kier alpha value is -2.08. The molecule has 1 heterocycles. The molecule has 2 amide bonds. The Bertz CT molecular complexity index is 504. The molecule has 0 bridgehead atoms. The standard InChI is InChI=1S/C14H19N3O3/c1-20-12-5-3-2-4-11(12)17-9-10(8-13(17)18)14(19)16-7-6-15/h2-5,10H,6-9,15H2,1H3,(H,16,19)/t10-/m1/s1. The molecule has 6 heteroatoms. The number of nitrogens with one attached hydrogen (secondary N) is 1. The van der Waals surface area contributed by atoms with Crippen LogP contribution in [-0.4, -0.2) is 38.6 Å². The smallest absolute Gasteiger partial charge is 0.227 e. The van der Waals surface area contributed by atoms with Gasteiger partial charge < -0.3 is 20.7 Å². The normalized spacial score (nSPS) is 18.2. The van der Waals surface area contributed by atoms with Gasteiger partial charge in [-0.15, -0.1) is 0 Å².